The molecule has 0 unspecified atom stereocenters. The van der Waals surface area contributed by atoms with Crippen molar-refractivity contribution >= 4 is 16.6 Å². The van der Waals surface area contributed by atoms with E-state index in [2.05, 4.69) is 75.4 Å². The molecule has 1 aromatic heterocycles. The van der Waals surface area contributed by atoms with E-state index in [9.17, 15) is 0 Å². The summed E-state index contributed by atoms with van der Waals surface area (Å²) < 4.78 is 0. The lowest BCUT2D eigenvalue weighted by molar-refractivity contribution is 0.249. The Balaban J connectivity index is 1.47. The van der Waals surface area contributed by atoms with Crippen LogP contribution < -0.4 is 4.90 Å². The second-order valence-corrected chi connectivity index (χ2v) is 6.10. The van der Waals surface area contributed by atoms with Crippen molar-refractivity contribution in [2.45, 2.75) is 6.54 Å². The van der Waals surface area contributed by atoms with Gasteiger partial charge in [-0.2, -0.15) is 0 Å². The summed E-state index contributed by atoms with van der Waals surface area (Å²) >= 11 is 0. The Morgan fingerprint density at radius 2 is 1.52 bits per heavy atom. The summed E-state index contributed by atoms with van der Waals surface area (Å²) in [4.78, 5) is 9.59. The molecule has 0 bridgehead atoms. The number of aromatic nitrogens is 1. The lowest BCUT2D eigenvalue weighted by Crippen LogP contribution is -2.46. The quantitative estimate of drug-likeness (QED) is 0.737. The summed E-state index contributed by atoms with van der Waals surface area (Å²) in [5.41, 5.74) is 1.39. The van der Waals surface area contributed by atoms with Crippen LogP contribution in [0, 0.1) is 0 Å². The molecule has 0 atom stereocenters. The molecule has 23 heavy (non-hydrogen) atoms. The number of piperazine rings is 1. The molecule has 0 spiro atoms. The summed E-state index contributed by atoms with van der Waals surface area (Å²) in [6.45, 7) is 5.28. The van der Waals surface area contributed by atoms with Crippen LogP contribution in [0.25, 0.3) is 10.8 Å². The van der Waals surface area contributed by atoms with Crippen LogP contribution >= 0.6 is 0 Å². The molecule has 3 heteroatoms. The molecule has 1 aliphatic rings. The van der Waals surface area contributed by atoms with Gasteiger partial charge in [-0.15, -0.1) is 0 Å². The fourth-order valence-corrected chi connectivity index (χ4v) is 3.32. The highest BCUT2D eigenvalue weighted by molar-refractivity contribution is 5.92. The molecule has 0 radical (unpaired) electrons. The Kier molecular flexibility index (Phi) is 3.95. The normalized spacial score (nSPS) is 15.9. The van der Waals surface area contributed by atoms with Gasteiger partial charge in [-0.3, -0.25) is 4.90 Å². The summed E-state index contributed by atoms with van der Waals surface area (Å²) in [7, 11) is 0. The first-order valence-corrected chi connectivity index (χ1v) is 8.25. The zero-order valence-electron chi connectivity index (χ0n) is 13.2. The minimum Gasteiger partial charge on any atom is -0.354 e. The number of fused-ring (bicyclic) bond motifs is 1. The van der Waals surface area contributed by atoms with Crippen LogP contribution in [0.1, 0.15) is 5.56 Å². The third kappa shape index (κ3) is 3.06. The maximum Gasteiger partial charge on any atom is 0.136 e. The second-order valence-electron chi connectivity index (χ2n) is 6.10. The first kappa shape index (κ1) is 14.2. The minimum absolute atomic E-state index is 1.04. The average molecular weight is 303 g/mol. The van der Waals surface area contributed by atoms with Crippen LogP contribution in [0.2, 0.25) is 0 Å². The van der Waals surface area contributed by atoms with Gasteiger partial charge in [-0.1, -0.05) is 54.6 Å². The molecule has 3 nitrogen and oxygen atoms in total. The Hall–Kier alpha value is -2.39. The van der Waals surface area contributed by atoms with E-state index in [0.717, 1.165) is 38.5 Å². The van der Waals surface area contributed by atoms with Crippen molar-refractivity contribution in [3.63, 3.8) is 0 Å². The topological polar surface area (TPSA) is 19.4 Å². The lowest BCUT2D eigenvalue weighted by Gasteiger charge is -2.35. The van der Waals surface area contributed by atoms with E-state index < -0.39 is 0 Å². The van der Waals surface area contributed by atoms with Gasteiger partial charge in [0.1, 0.15) is 5.82 Å². The first-order valence-electron chi connectivity index (χ1n) is 8.25. The number of hydrogen-bond donors (Lipinski definition) is 0. The molecule has 0 aliphatic carbocycles. The second kappa shape index (κ2) is 6.39. The van der Waals surface area contributed by atoms with E-state index in [1.807, 2.05) is 6.20 Å². The number of anilines is 1. The van der Waals surface area contributed by atoms with Crippen LogP contribution in [0.5, 0.6) is 0 Å². The standard InChI is InChI=1S/C20H21N3/c1-2-6-17(7-3-1)16-22-12-14-23(15-13-22)20-19-9-5-4-8-18(19)10-11-21-20/h1-11H,12-16H2. The van der Waals surface area contributed by atoms with E-state index >= 15 is 0 Å². The fourth-order valence-electron chi connectivity index (χ4n) is 3.32. The molecule has 0 amide bonds. The zero-order chi connectivity index (χ0) is 15.5. The van der Waals surface area contributed by atoms with Crippen molar-refractivity contribution < 1.29 is 0 Å². The number of pyridine rings is 1. The van der Waals surface area contributed by atoms with Gasteiger partial charge >= 0.3 is 0 Å². The van der Waals surface area contributed by atoms with E-state index in [4.69, 9.17) is 0 Å². The van der Waals surface area contributed by atoms with Crippen molar-refractivity contribution in [1.29, 1.82) is 0 Å². The van der Waals surface area contributed by atoms with Gasteiger partial charge in [-0.05, 0) is 17.0 Å². The Labute approximate surface area is 137 Å². The highest BCUT2D eigenvalue weighted by Gasteiger charge is 2.19. The maximum absolute atomic E-state index is 4.65. The molecule has 4 rings (SSSR count). The molecule has 3 aromatic rings. The molecule has 1 fully saturated rings. The van der Waals surface area contributed by atoms with Gasteiger partial charge in [0.2, 0.25) is 0 Å². The summed E-state index contributed by atoms with van der Waals surface area (Å²) in [6.07, 6.45) is 1.92. The van der Waals surface area contributed by atoms with Crippen molar-refractivity contribution in [1.82, 2.24) is 9.88 Å². The monoisotopic (exact) mass is 303 g/mol. The van der Waals surface area contributed by atoms with E-state index in [0.29, 0.717) is 0 Å². The van der Waals surface area contributed by atoms with E-state index in [1.54, 1.807) is 0 Å². The fraction of sp³-hybridized carbons (Fsp3) is 0.250. The molecular weight excluding hydrogens is 282 g/mol. The predicted molar refractivity (Wildman–Crippen MR) is 95.7 cm³/mol. The molecule has 0 N–H and O–H groups in total. The zero-order valence-corrected chi connectivity index (χ0v) is 13.2. The Bertz CT molecular complexity index is 772. The molecular formula is C20H21N3. The van der Waals surface area contributed by atoms with Crippen molar-refractivity contribution in [2.24, 2.45) is 0 Å². The van der Waals surface area contributed by atoms with Crippen LogP contribution in [0.3, 0.4) is 0 Å². The van der Waals surface area contributed by atoms with Gasteiger partial charge in [0.15, 0.2) is 0 Å². The van der Waals surface area contributed by atoms with Crippen LogP contribution in [-0.2, 0) is 6.54 Å². The largest absolute Gasteiger partial charge is 0.354 e. The van der Waals surface area contributed by atoms with E-state index in [-0.39, 0.29) is 0 Å². The summed E-state index contributed by atoms with van der Waals surface area (Å²) in [6, 6.07) is 21.3. The molecule has 1 saturated heterocycles. The van der Waals surface area contributed by atoms with Crippen LogP contribution in [-0.4, -0.2) is 36.1 Å². The van der Waals surface area contributed by atoms with Crippen LogP contribution in [0.15, 0.2) is 66.9 Å². The lowest BCUT2D eigenvalue weighted by atomic mass is 10.1. The van der Waals surface area contributed by atoms with Crippen LogP contribution in [0.4, 0.5) is 5.82 Å². The minimum atomic E-state index is 1.04. The summed E-state index contributed by atoms with van der Waals surface area (Å²) in [5, 5.41) is 2.52. The summed E-state index contributed by atoms with van der Waals surface area (Å²) in [5.74, 6) is 1.13. The molecule has 116 valence electrons. The van der Waals surface area contributed by atoms with Gasteiger partial charge < -0.3 is 4.90 Å². The van der Waals surface area contributed by atoms with Gasteiger partial charge in [-0.25, -0.2) is 4.98 Å². The number of rotatable bonds is 3. The van der Waals surface area contributed by atoms with Crippen molar-refractivity contribution in [3.05, 3.63) is 72.4 Å². The Morgan fingerprint density at radius 1 is 0.783 bits per heavy atom. The number of nitrogens with zero attached hydrogens (tertiary/aromatic N) is 3. The highest BCUT2D eigenvalue weighted by atomic mass is 15.3. The number of benzene rings is 2. The van der Waals surface area contributed by atoms with Crippen molar-refractivity contribution in [2.75, 3.05) is 31.1 Å². The number of hydrogen-bond acceptors (Lipinski definition) is 3. The molecule has 0 saturated carbocycles. The molecule has 2 heterocycles. The molecule has 2 aromatic carbocycles. The SMILES string of the molecule is c1ccc(CN2CCN(c3nccc4ccccc34)CC2)cc1. The van der Waals surface area contributed by atoms with Gasteiger partial charge in [0.25, 0.3) is 0 Å². The maximum atomic E-state index is 4.65. The average Bonchev–Trinajstić information content (AvgIpc) is 2.63. The van der Waals surface area contributed by atoms with Gasteiger partial charge in [0.05, 0.1) is 0 Å². The smallest absolute Gasteiger partial charge is 0.136 e. The van der Waals surface area contributed by atoms with Crippen molar-refractivity contribution in [3.8, 4) is 0 Å². The molecule has 1 aliphatic heterocycles. The third-order valence-electron chi connectivity index (χ3n) is 4.57. The predicted octanol–water partition coefficient (Wildman–Crippen LogP) is 3.56. The third-order valence-corrected chi connectivity index (χ3v) is 4.57. The van der Waals surface area contributed by atoms with Gasteiger partial charge in [0, 0.05) is 44.3 Å². The Morgan fingerprint density at radius 3 is 2.35 bits per heavy atom. The highest BCUT2D eigenvalue weighted by Crippen LogP contribution is 2.25. The first-order chi connectivity index (χ1) is 11.4. The van der Waals surface area contributed by atoms with E-state index in [1.165, 1.54) is 16.3 Å².